The fourth-order valence-corrected chi connectivity index (χ4v) is 4.75. The second-order valence-electron chi connectivity index (χ2n) is 8.45. The Bertz CT molecular complexity index is 977. The molecule has 0 unspecified atom stereocenters. The van der Waals surface area contributed by atoms with Gasteiger partial charge in [0, 0.05) is 36.8 Å². The van der Waals surface area contributed by atoms with Crippen LogP contribution in [0.2, 0.25) is 0 Å². The quantitative estimate of drug-likeness (QED) is 0.552. The Morgan fingerprint density at radius 3 is 2.60 bits per heavy atom. The Morgan fingerprint density at radius 1 is 1.23 bits per heavy atom. The predicted octanol–water partition coefficient (Wildman–Crippen LogP) is 4.24. The Kier molecular flexibility index (Phi) is 5.06. The topological polar surface area (TPSA) is 65.1 Å². The van der Waals surface area contributed by atoms with Crippen molar-refractivity contribution in [3.63, 3.8) is 0 Å². The van der Waals surface area contributed by atoms with Gasteiger partial charge >= 0.3 is 6.16 Å². The highest BCUT2D eigenvalue weighted by molar-refractivity contribution is 6.00. The molecule has 3 aliphatic rings. The van der Waals surface area contributed by atoms with E-state index in [4.69, 9.17) is 14.2 Å². The van der Waals surface area contributed by atoms with E-state index in [1.54, 1.807) is 43.3 Å². The first-order valence-corrected chi connectivity index (χ1v) is 10.1. The molecule has 1 aliphatic heterocycles. The largest absolute Gasteiger partial charge is 0.514 e. The summed E-state index contributed by atoms with van der Waals surface area (Å²) in [7, 11) is 3.41. The van der Waals surface area contributed by atoms with E-state index < -0.39 is 18.4 Å². The summed E-state index contributed by atoms with van der Waals surface area (Å²) in [6.07, 6.45) is 3.13. The van der Waals surface area contributed by atoms with Crippen LogP contribution in [0.15, 0.2) is 64.9 Å². The fourth-order valence-electron chi connectivity index (χ4n) is 4.75. The number of amides is 1. The number of hydrogen-bond acceptors (Lipinski definition) is 5. The van der Waals surface area contributed by atoms with Crippen molar-refractivity contribution in [2.45, 2.75) is 39.4 Å². The summed E-state index contributed by atoms with van der Waals surface area (Å²) in [5.74, 6) is 0.417. The first-order chi connectivity index (χ1) is 14.3. The van der Waals surface area contributed by atoms with E-state index in [9.17, 15) is 9.59 Å². The summed E-state index contributed by atoms with van der Waals surface area (Å²) < 4.78 is 16.8. The standard InChI is InChI=1S/C24H27NO5/c1-14-18-13-24(3)15(2)21(30-23(27)29-17-9-7-6-8-10-17)20(28-5)12-16(24)11-19(18)25(4)22(14)26/h6-12,15,20-21H,13H2,1-5H3/t15-,20+,21+,24+/m0/s1. The highest BCUT2D eigenvalue weighted by Gasteiger charge is 2.51. The van der Waals surface area contributed by atoms with E-state index in [1.165, 1.54) is 0 Å². The van der Waals surface area contributed by atoms with Crippen molar-refractivity contribution in [2.75, 3.05) is 14.2 Å². The third-order valence-electron chi connectivity index (χ3n) is 6.86. The maximum absolute atomic E-state index is 12.5. The summed E-state index contributed by atoms with van der Waals surface area (Å²) in [5.41, 5.74) is 3.61. The molecule has 6 heteroatoms. The molecule has 0 spiro atoms. The summed E-state index contributed by atoms with van der Waals surface area (Å²) in [6, 6.07) is 8.84. The Hall–Kier alpha value is -2.86. The van der Waals surface area contributed by atoms with E-state index in [0.29, 0.717) is 12.2 Å². The second-order valence-corrected chi connectivity index (χ2v) is 8.45. The van der Waals surface area contributed by atoms with Crippen LogP contribution in [0.4, 0.5) is 4.79 Å². The summed E-state index contributed by atoms with van der Waals surface area (Å²) in [5, 5.41) is 0. The number of fused-ring (bicyclic) bond motifs is 2. The van der Waals surface area contributed by atoms with Crippen molar-refractivity contribution in [1.82, 2.24) is 4.90 Å². The minimum absolute atomic E-state index is 0.0364. The number of para-hydroxylation sites is 1. The van der Waals surface area contributed by atoms with Gasteiger partial charge in [0.1, 0.15) is 18.0 Å². The summed E-state index contributed by atoms with van der Waals surface area (Å²) in [6.45, 7) is 6.10. The average molecular weight is 409 g/mol. The molecular formula is C24H27NO5. The normalized spacial score (nSPS) is 30.4. The van der Waals surface area contributed by atoms with Crippen LogP contribution in [0.1, 0.15) is 27.2 Å². The van der Waals surface area contributed by atoms with Crippen molar-refractivity contribution in [2.24, 2.45) is 11.3 Å². The minimum Gasteiger partial charge on any atom is -0.427 e. The number of rotatable bonds is 3. The smallest absolute Gasteiger partial charge is 0.427 e. The zero-order valence-electron chi connectivity index (χ0n) is 18.0. The van der Waals surface area contributed by atoms with Crippen molar-refractivity contribution in [3.05, 3.63) is 64.9 Å². The lowest BCUT2D eigenvalue weighted by atomic mass is 9.59. The molecule has 1 heterocycles. The van der Waals surface area contributed by atoms with E-state index in [2.05, 4.69) is 19.9 Å². The molecule has 0 bridgehead atoms. The molecule has 2 aliphatic carbocycles. The van der Waals surface area contributed by atoms with Crippen LogP contribution in [-0.4, -0.2) is 43.3 Å². The van der Waals surface area contributed by atoms with E-state index in [0.717, 1.165) is 22.4 Å². The molecule has 158 valence electrons. The molecule has 0 N–H and O–H groups in total. The van der Waals surface area contributed by atoms with E-state index in [1.807, 2.05) is 19.1 Å². The van der Waals surface area contributed by atoms with Crippen LogP contribution in [0.25, 0.3) is 0 Å². The van der Waals surface area contributed by atoms with Crippen LogP contribution in [0.3, 0.4) is 0 Å². The Labute approximate surface area is 176 Å². The molecule has 0 saturated heterocycles. The molecule has 4 atom stereocenters. The number of carbonyl (C=O) groups excluding carboxylic acids is 2. The van der Waals surface area contributed by atoms with Gasteiger partial charge < -0.3 is 19.1 Å². The number of ether oxygens (including phenoxy) is 3. The molecule has 4 rings (SSSR count). The second kappa shape index (κ2) is 7.43. The van der Waals surface area contributed by atoms with Crippen LogP contribution >= 0.6 is 0 Å². The summed E-state index contributed by atoms with van der Waals surface area (Å²) >= 11 is 0. The van der Waals surface area contributed by atoms with Gasteiger partial charge in [0.2, 0.25) is 0 Å². The van der Waals surface area contributed by atoms with Crippen molar-refractivity contribution in [1.29, 1.82) is 0 Å². The lowest BCUT2D eigenvalue weighted by Crippen LogP contribution is -2.49. The maximum atomic E-state index is 12.5. The zero-order valence-corrected chi connectivity index (χ0v) is 18.0. The number of hydrogen-bond donors (Lipinski definition) is 0. The molecule has 1 aromatic rings. The van der Waals surface area contributed by atoms with E-state index >= 15 is 0 Å². The monoisotopic (exact) mass is 409 g/mol. The van der Waals surface area contributed by atoms with Gasteiger partial charge in [-0.2, -0.15) is 0 Å². The Balaban J connectivity index is 1.64. The molecule has 1 aromatic carbocycles. The van der Waals surface area contributed by atoms with Gasteiger partial charge in [-0.25, -0.2) is 4.79 Å². The number of methoxy groups -OCH3 is 1. The maximum Gasteiger partial charge on any atom is 0.514 e. The minimum atomic E-state index is -0.751. The van der Waals surface area contributed by atoms with Gasteiger partial charge in [0.05, 0.1) is 0 Å². The zero-order chi connectivity index (χ0) is 21.6. The molecule has 0 fully saturated rings. The predicted molar refractivity (Wildman–Crippen MR) is 112 cm³/mol. The lowest BCUT2D eigenvalue weighted by Gasteiger charge is -2.48. The average Bonchev–Trinajstić information content (AvgIpc) is 2.93. The first-order valence-electron chi connectivity index (χ1n) is 10.1. The number of carbonyl (C=O) groups is 2. The number of nitrogens with zero attached hydrogens (tertiary/aromatic N) is 1. The molecule has 0 saturated carbocycles. The highest BCUT2D eigenvalue weighted by Crippen LogP contribution is 2.54. The van der Waals surface area contributed by atoms with Crippen LogP contribution in [0.5, 0.6) is 5.75 Å². The number of benzene rings is 1. The molecule has 1 amide bonds. The van der Waals surface area contributed by atoms with Crippen molar-refractivity contribution in [3.8, 4) is 5.75 Å². The SMILES string of the molecule is CO[C@@H]1C=C2C=C3C(=C(C)C(=O)N3C)C[C@]2(C)[C@@H](C)[C@H]1OC(=O)Oc1ccccc1. The van der Waals surface area contributed by atoms with Crippen LogP contribution in [0, 0.1) is 11.3 Å². The number of allylic oxidation sites excluding steroid dienone is 3. The molecule has 30 heavy (non-hydrogen) atoms. The first kappa shape index (κ1) is 20.4. The molecular weight excluding hydrogens is 382 g/mol. The van der Waals surface area contributed by atoms with Crippen molar-refractivity contribution >= 4 is 12.1 Å². The molecule has 0 aromatic heterocycles. The summed E-state index contributed by atoms with van der Waals surface area (Å²) in [4.78, 5) is 26.6. The molecule has 0 radical (unpaired) electrons. The third-order valence-corrected chi connectivity index (χ3v) is 6.86. The lowest BCUT2D eigenvalue weighted by molar-refractivity contribution is -0.123. The molecule has 6 nitrogen and oxygen atoms in total. The van der Waals surface area contributed by atoms with Crippen molar-refractivity contribution < 1.29 is 23.8 Å². The van der Waals surface area contributed by atoms with Gasteiger partial charge in [0.25, 0.3) is 5.91 Å². The van der Waals surface area contributed by atoms with Gasteiger partial charge in [-0.3, -0.25) is 4.79 Å². The van der Waals surface area contributed by atoms with Gasteiger partial charge in [-0.15, -0.1) is 0 Å². The highest BCUT2D eigenvalue weighted by atomic mass is 16.7. The van der Waals surface area contributed by atoms with Crippen LogP contribution in [-0.2, 0) is 14.3 Å². The van der Waals surface area contributed by atoms with E-state index in [-0.39, 0.29) is 17.2 Å². The van der Waals surface area contributed by atoms with Gasteiger partial charge in [0.15, 0.2) is 0 Å². The van der Waals surface area contributed by atoms with Gasteiger partial charge in [-0.1, -0.05) is 32.0 Å². The van der Waals surface area contributed by atoms with Crippen LogP contribution < -0.4 is 4.74 Å². The third kappa shape index (κ3) is 3.16. The number of likely N-dealkylation sites (N-methyl/N-ethyl adjacent to an activating group) is 1. The fraction of sp³-hybridized carbons (Fsp3) is 0.417. The Morgan fingerprint density at radius 2 is 1.93 bits per heavy atom. The van der Waals surface area contributed by atoms with Gasteiger partial charge in [-0.05, 0) is 48.8 Å².